The Hall–Kier alpha value is -0.610. The Balaban J connectivity index is 4.08. The van der Waals surface area contributed by atoms with Gasteiger partial charge in [0, 0.05) is 13.7 Å². The predicted molar refractivity (Wildman–Crippen MR) is 50.8 cm³/mol. The second-order valence-electron chi connectivity index (χ2n) is 2.88. The zero-order valence-corrected chi connectivity index (χ0v) is 8.62. The molecular weight excluding hydrogens is 170 g/mol. The van der Waals surface area contributed by atoms with Crippen LogP contribution in [-0.2, 0) is 9.53 Å². The molecule has 0 aromatic rings. The summed E-state index contributed by atoms with van der Waals surface area (Å²) in [7, 11) is 1.62. The quantitative estimate of drug-likeness (QED) is 0.644. The molecule has 0 aliphatic heterocycles. The molecule has 0 amide bonds. The number of methoxy groups -OCH3 is 1. The van der Waals surface area contributed by atoms with E-state index < -0.39 is 5.97 Å². The molecule has 4 heteroatoms. The number of nitrogens with zero attached hydrogens (tertiary/aromatic N) is 1. The van der Waals surface area contributed by atoms with Crippen molar-refractivity contribution in [1.29, 1.82) is 0 Å². The number of hydrogen-bond donors (Lipinski definition) is 1. The number of carboxylic acid groups (broad SMARTS) is 1. The van der Waals surface area contributed by atoms with Gasteiger partial charge in [0.05, 0.1) is 6.61 Å². The van der Waals surface area contributed by atoms with E-state index in [0.29, 0.717) is 19.6 Å². The molecule has 0 bridgehead atoms. The Kier molecular flexibility index (Phi) is 6.54. The third kappa shape index (κ3) is 4.24. The van der Waals surface area contributed by atoms with E-state index in [1.54, 1.807) is 7.11 Å². The summed E-state index contributed by atoms with van der Waals surface area (Å²) in [4.78, 5) is 12.7. The lowest BCUT2D eigenvalue weighted by atomic mass is 10.2. The highest BCUT2D eigenvalue weighted by Crippen LogP contribution is 2.03. The molecule has 0 aromatic carbocycles. The average Bonchev–Trinajstić information content (AvgIpc) is 2.11. The molecule has 0 aliphatic rings. The van der Waals surface area contributed by atoms with E-state index in [-0.39, 0.29) is 6.04 Å². The molecule has 13 heavy (non-hydrogen) atoms. The Labute approximate surface area is 79.5 Å². The van der Waals surface area contributed by atoms with E-state index >= 15 is 0 Å². The minimum atomic E-state index is -0.750. The van der Waals surface area contributed by atoms with Gasteiger partial charge >= 0.3 is 5.97 Å². The summed E-state index contributed by atoms with van der Waals surface area (Å²) in [5, 5.41) is 8.89. The zero-order valence-electron chi connectivity index (χ0n) is 8.62. The van der Waals surface area contributed by atoms with E-state index in [4.69, 9.17) is 9.84 Å². The van der Waals surface area contributed by atoms with Gasteiger partial charge in [0.25, 0.3) is 0 Å². The van der Waals surface area contributed by atoms with Crippen LogP contribution < -0.4 is 0 Å². The number of hydrogen-bond acceptors (Lipinski definition) is 3. The van der Waals surface area contributed by atoms with Crippen LogP contribution in [0.2, 0.25) is 0 Å². The zero-order chi connectivity index (χ0) is 10.3. The minimum Gasteiger partial charge on any atom is -0.480 e. The van der Waals surface area contributed by atoms with Gasteiger partial charge < -0.3 is 9.84 Å². The van der Waals surface area contributed by atoms with Gasteiger partial charge in [-0.25, -0.2) is 0 Å². The van der Waals surface area contributed by atoms with Gasteiger partial charge in [-0.2, -0.15) is 0 Å². The van der Waals surface area contributed by atoms with Gasteiger partial charge in [0.15, 0.2) is 0 Å². The van der Waals surface area contributed by atoms with Crippen LogP contribution in [0, 0.1) is 0 Å². The van der Waals surface area contributed by atoms with E-state index in [1.807, 2.05) is 18.7 Å². The van der Waals surface area contributed by atoms with E-state index in [2.05, 4.69) is 0 Å². The number of ether oxygens (including phenoxy) is 1. The summed E-state index contributed by atoms with van der Waals surface area (Å²) in [6.07, 6.45) is 0.632. The van der Waals surface area contributed by atoms with Gasteiger partial charge in [-0.3, -0.25) is 9.69 Å². The number of aliphatic carboxylic acids is 1. The SMILES string of the molecule is CCC(C(=O)O)N(CC)CCOC. The largest absolute Gasteiger partial charge is 0.480 e. The standard InChI is InChI=1S/C9H19NO3/c1-4-8(9(11)12)10(5-2)6-7-13-3/h8H,4-7H2,1-3H3,(H,11,12). The average molecular weight is 189 g/mol. The monoisotopic (exact) mass is 189 g/mol. The van der Waals surface area contributed by atoms with Crippen LogP contribution in [-0.4, -0.2) is 48.8 Å². The molecule has 0 fully saturated rings. The molecule has 0 radical (unpaired) electrons. The van der Waals surface area contributed by atoms with E-state index in [0.717, 1.165) is 6.54 Å². The number of carboxylic acids is 1. The number of rotatable bonds is 7. The molecule has 0 aromatic heterocycles. The smallest absolute Gasteiger partial charge is 0.320 e. The Morgan fingerprint density at radius 2 is 2.15 bits per heavy atom. The molecule has 0 spiro atoms. The fourth-order valence-electron chi connectivity index (χ4n) is 1.33. The molecule has 0 saturated carbocycles. The van der Waals surface area contributed by atoms with E-state index in [1.165, 1.54) is 0 Å². The maximum absolute atomic E-state index is 10.8. The summed E-state index contributed by atoms with van der Waals surface area (Å²) in [5.74, 6) is -0.750. The van der Waals surface area contributed by atoms with Crippen LogP contribution >= 0.6 is 0 Å². The molecular formula is C9H19NO3. The lowest BCUT2D eigenvalue weighted by Gasteiger charge is -2.26. The first kappa shape index (κ1) is 12.4. The van der Waals surface area contributed by atoms with Crippen molar-refractivity contribution in [2.45, 2.75) is 26.3 Å². The topological polar surface area (TPSA) is 49.8 Å². The lowest BCUT2D eigenvalue weighted by molar-refractivity contribution is -0.143. The van der Waals surface area contributed by atoms with Gasteiger partial charge in [0.1, 0.15) is 6.04 Å². The molecule has 0 rings (SSSR count). The van der Waals surface area contributed by atoms with Crippen molar-refractivity contribution in [3.63, 3.8) is 0 Å². The Bertz CT molecular complexity index is 150. The summed E-state index contributed by atoms with van der Waals surface area (Å²) in [5.41, 5.74) is 0. The Morgan fingerprint density at radius 3 is 2.46 bits per heavy atom. The van der Waals surface area contributed by atoms with Crippen molar-refractivity contribution in [3.8, 4) is 0 Å². The first-order valence-electron chi connectivity index (χ1n) is 4.63. The molecule has 78 valence electrons. The first-order valence-corrected chi connectivity index (χ1v) is 4.63. The van der Waals surface area contributed by atoms with E-state index in [9.17, 15) is 4.79 Å². The van der Waals surface area contributed by atoms with Gasteiger partial charge in [0.2, 0.25) is 0 Å². The summed E-state index contributed by atoms with van der Waals surface area (Å²) < 4.78 is 4.91. The van der Waals surface area contributed by atoms with Crippen LogP contribution in [0.1, 0.15) is 20.3 Å². The molecule has 1 N–H and O–H groups in total. The van der Waals surface area contributed by atoms with Crippen molar-refractivity contribution in [1.82, 2.24) is 4.90 Å². The molecule has 0 aliphatic carbocycles. The van der Waals surface area contributed by atoms with Gasteiger partial charge in [-0.15, -0.1) is 0 Å². The third-order valence-electron chi connectivity index (χ3n) is 2.10. The van der Waals surface area contributed by atoms with Crippen LogP contribution in [0.3, 0.4) is 0 Å². The van der Waals surface area contributed by atoms with Crippen molar-refractivity contribution < 1.29 is 14.6 Å². The molecule has 1 atom stereocenters. The summed E-state index contributed by atoms with van der Waals surface area (Å²) >= 11 is 0. The molecule has 4 nitrogen and oxygen atoms in total. The van der Waals surface area contributed by atoms with Crippen LogP contribution in [0.15, 0.2) is 0 Å². The van der Waals surface area contributed by atoms with Crippen LogP contribution in [0.4, 0.5) is 0 Å². The second-order valence-corrected chi connectivity index (χ2v) is 2.88. The fraction of sp³-hybridized carbons (Fsp3) is 0.889. The van der Waals surface area contributed by atoms with Crippen LogP contribution in [0.25, 0.3) is 0 Å². The van der Waals surface area contributed by atoms with Crippen LogP contribution in [0.5, 0.6) is 0 Å². The van der Waals surface area contributed by atoms with Crippen molar-refractivity contribution >= 4 is 5.97 Å². The highest BCUT2D eigenvalue weighted by atomic mass is 16.5. The van der Waals surface area contributed by atoms with Gasteiger partial charge in [-0.1, -0.05) is 13.8 Å². The molecule has 0 saturated heterocycles. The summed E-state index contributed by atoms with van der Waals surface area (Å²) in [6, 6.07) is -0.375. The maximum atomic E-state index is 10.8. The second kappa shape index (κ2) is 6.86. The lowest BCUT2D eigenvalue weighted by Crippen LogP contribution is -2.42. The predicted octanol–water partition coefficient (Wildman–Crippen LogP) is 0.818. The van der Waals surface area contributed by atoms with Crippen molar-refractivity contribution in [2.75, 3.05) is 26.8 Å². The van der Waals surface area contributed by atoms with Crippen molar-refractivity contribution in [3.05, 3.63) is 0 Å². The Morgan fingerprint density at radius 1 is 1.54 bits per heavy atom. The minimum absolute atomic E-state index is 0.375. The molecule has 0 heterocycles. The van der Waals surface area contributed by atoms with Gasteiger partial charge in [-0.05, 0) is 13.0 Å². The maximum Gasteiger partial charge on any atom is 0.320 e. The summed E-state index contributed by atoms with van der Waals surface area (Å²) in [6.45, 7) is 5.85. The number of carbonyl (C=O) groups is 1. The van der Waals surface area contributed by atoms with Crippen molar-refractivity contribution in [2.24, 2.45) is 0 Å². The highest BCUT2D eigenvalue weighted by molar-refractivity contribution is 5.73. The fourth-order valence-corrected chi connectivity index (χ4v) is 1.33. The first-order chi connectivity index (χ1) is 6.17. The molecule has 1 unspecified atom stereocenters. The highest BCUT2D eigenvalue weighted by Gasteiger charge is 2.21. The third-order valence-corrected chi connectivity index (χ3v) is 2.10. The number of likely N-dealkylation sites (N-methyl/N-ethyl adjacent to an activating group) is 1. The normalized spacial score (nSPS) is 13.2.